The molecule has 0 saturated carbocycles. The van der Waals surface area contributed by atoms with Crippen LogP contribution in [0.1, 0.15) is 63.4 Å². The van der Waals surface area contributed by atoms with Crippen molar-refractivity contribution in [3.05, 3.63) is 46.2 Å². The number of aromatic nitrogens is 1. The summed E-state index contributed by atoms with van der Waals surface area (Å²) in [6.07, 6.45) is 2.48. The molecule has 1 aliphatic heterocycles. The maximum atomic E-state index is 13.3. The fourth-order valence-corrected chi connectivity index (χ4v) is 5.72. The Labute approximate surface area is 214 Å². The molecular weight excluding hydrogens is 480 g/mol. The number of pyridine rings is 1. The maximum Gasteiger partial charge on any atom is 0.264 e. The summed E-state index contributed by atoms with van der Waals surface area (Å²) < 4.78 is 26.2. The van der Waals surface area contributed by atoms with Gasteiger partial charge in [-0.15, -0.1) is 0 Å². The number of carbonyl (C=O) groups is 1. The Balaban J connectivity index is 1.74. The third-order valence-electron chi connectivity index (χ3n) is 7.19. The number of nitrogens with one attached hydrogen (secondary N) is 1. The van der Waals surface area contributed by atoms with E-state index in [4.69, 9.17) is 0 Å². The van der Waals surface area contributed by atoms with E-state index in [0.29, 0.717) is 19.4 Å². The first-order valence-corrected chi connectivity index (χ1v) is 14.5. The fourth-order valence-electron chi connectivity index (χ4n) is 5.27. The summed E-state index contributed by atoms with van der Waals surface area (Å²) in [5.41, 5.74) is 0.656. The standard InChI is InChI=1S/C26H40N4O5S/c1-7-21-14-20(12-18(4)29(21)16-22(31)15-28(5)36(6,34)35)27-25(32)23-13-19-10-8-9-11-24(19)30(17(2)3)26(23)33/h8-11,13,17-18,20-22,31H,7,12,14-16H2,1-6H3,(H,27,32)/t18-,20+,21+,22+/m1/s1. The van der Waals surface area contributed by atoms with Crippen molar-refractivity contribution in [2.75, 3.05) is 26.4 Å². The Morgan fingerprint density at radius 2 is 1.92 bits per heavy atom. The second kappa shape index (κ2) is 11.4. The average Bonchev–Trinajstić information content (AvgIpc) is 2.79. The predicted octanol–water partition coefficient (Wildman–Crippen LogP) is 2.20. The number of likely N-dealkylation sites (N-methyl/N-ethyl adjacent to an activating group) is 1. The molecule has 1 fully saturated rings. The number of hydrogen-bond acceptors (Lipinski definition) is 6. The molecule has 1 aromatic carbocycles. The molecular formula is C26H40N4O5S. The lowest BCUT2D eigenvalue weighted by Crippen LogP contribution is -2.56. The van der Waals surface area contributed by atoms with Crippen LogP contribution >= 0.6 is 0 Å². The smallest absolute Gasteiger partial charge is 0.264 e. The number of para-hydroxylation sites is 1. The number of hydrogen-bond donors (Lipinski definition) is 2. The molecule has 1 aliphatic rings. The number of β-amino-alcohol motifs (C(OH)–C–C–N with tert-alkyl or cyclic N) is 1. The topological polar surface area (TPSA) is 112 Å². The highest BCUT2D eigenvalue weighted by Crippen LogP contribution is 2.26. The molecule has 9 nitrogen and oxygen atoms in total. The van der Waals surface area contributed by atoms with E-state index < -0.39 is 16.1 Å². The lowest BCUT2D eigenvalue weighted by atomic mass is 9.90. The first kappa shape index (κ1) is 28.3. The number of nitrogens with zero attached hydrogens (tertiary/aromatic N) is 3. The van der Waals surface area contributed by atoms with E-state index in [9.17, 15) is 23.1 Å². The number of fused-ring (bicyclic) bond motifs is 1. The summed E-state index contributed by atoms with van der Waals surface area (Å²) in [7, 11) is -1.91. The molecule has 200 valence electrons. The van der Waals surface area contributed by atoms with Crippen molar-refractivity contribution in [1.29, 1.82) is 0 Å². The number of aliphatic hydroxyl groups excluding tert-OH is 1. The van der Waals surface area contributed by atoms with E-state index in [1.54, 1.807) is 10.6 Å². The van der Waals surface area contributed by atoms with Gasteiger partial charge < -0.3 is 15.0 Å². The van der Waals surface area contributed by atoms with Crippen LogP contribution in [0.2, 0.25) is 0 Å². The van der Waals surface area contributed by atoms with Crippen LogP contribution < -0.4 is 10.9 Å². The van der Waals surface area contributed by atoms with E-state index in [0.717, 1.165) is 27.9 Å². The molecule has 1 saturated heterocycles. The van der Waals surface area contributed by atoms with Gasteiger partial charge >= 0.3 is 0 Å². The van der Waals surface area contributed by atoms with Crippen molar-refractivity contribution in [1.82, 2.24) is 19.1 Å². The minimum Gasteiger partial charge on any atom is -0.390 e. The van der Waals surface area contributed by atoms with Crippen molar-refractivity contribution in [2.24, 2.45) is 0 Å². The third-order valence-corrected chi connectivity index (χ3v) is 8.47. The lowest BCUT2D eigenvalue weighted by Gasteiger charge is -2.45. The Hall–Kier alpha value is -2.27. The number of benzene rings is 1. The predicted molar refractivity (Wildman–Crippen MR) is 143 cm³/mol. The van der Waals surface area contributed by atoms with Crippen LogP contribution in [-0.2, 0) is 10.0 Å². The zero-order valence-corrected chi connectivity index (χ0v) is 23.0. The van der Waals surface area contributed by atoms with Crippen molar-refractivity contribution >= 4 is 26.8 Å². The van der Waals surface area contributed by atoms with Crippen LogP contribution in [0.4, 0.5) is 0 Å². The Bertz CT molecular complexity index is 1240. The van der Waals surface area contributed by atoms with E-state index in [2.05, 4.69) is 24.1 Å². The Morgan fingerprint density at radius 3 is 2.53 bits per heavy atom. The molecule has 36 heavy (non-hydrogen) atoms. The molecule has 10 heteroatoms. The molecule has 0 radical (unpaired) electrons. The van der Waals surface area contributed by atoms with Crippen LogP contribution in [-0.4, -0.2) is 83.8 Å². The monoisotopic (exact) mass is 520 g/mol. The highest BCUT2D eigenvalue weighted by molar-refractivity contribution is 7.88. The average molecular weight is 521 g/mol. The molecule has 2 aromatic rings. The normalized spacial score (nSPS) is 22.3. The molecule has 0 aliphatic carbocycles. The highest BCUT2D eigenvalue weighted by Gasteiger charge is 2.35. The molecule has 1 aromatic heterocycles. The summed E-state index contributed by atoms with van der Waals surface area (Å²) in [5, 5.41) is 14.5. The fraction of sp³-hybridized carbons (Fsp3) is 0.615. The summed E-state index contributed by atoms with van der Waals surface area (Å²) >= 11 is 0. The number of sulfonamides is 1. The zero-order valence-electron chi connectivity index (χ0n) is 22.1. The third kappa shape index (κ3) is 6.34. The van der Waals surface area contributed by atoms with E-state index in [1.165, 1.54) is 7.05 Å². The second-order valence-corrected chi connectivity index (χ2v) is 12.4. The van der Waals surface area contributed by atoms with Gasteiger partial charge in [-0.25, -0.2) is 12.7 Å². The number of carbonyl (C=O) groups excluding carboxylic acids is 1. The van der Waals surface area contributed by atoms with Crippen LogP contribution in [0.5, 0.6) is 0 Å². The molecule has 1 amide bonds. The van der Waals surface area contributed by atoms with Gasteiger partial charge in [-0.2, -0.15) is 0 Å². The first-order valence-electron chi connectivity index (χ1n) is 12.6. The highest BCUT2D eigenvalue weighted by atomic mass is 32.2. The van der Waals surface area contributed by atoms with E-state index in [-0.39, 0.29) is 47.7 Å². The van der Waals surface area contributed by atoms with Crippen molar-refractivity contribution in [3.8, 4) is 0 Å². The Morgan fingerprint density at radius 1 is 1.25 bits per heavy atom. The first-order chi connectivity index (χ1) is 16.8. The van der Waals surface area contributed by atoms with Gasteiger partial charge in [0.05, 0.1) is 17.9 Å². The van der Waals surface area contributed by atoms with Crippen LogP contribution in [0.3, 0.4) is 0 Å². The number of piperidine rings is 1. The largest absolute Gasteiger partial charge is 0.390 e. The Kier molecular flexibility index (Phi) is 8.97. The van der Waals surface area contributed by atoms with Crippen LogP contribution in [0.15, 0.2) is 35.1 Å². The van der Waals surface area contributed by atoms with E-state index in [1.807, 2.05) is 38.1 Å². The summed E-state index contributed by atoms with van der Waals surface area (Å²) in [4.78, 5) is 28.7. The van der Waals surface area contributed by atoms with Crippen molar-refractivity contribution < 1.29 is 18.3 Å². The van der Waals surface area contributed by atoms with Gasteiger partial charge in [0.1, 0.15) is 5.56 Å². The molecule has 0 unspecified atom stereocenters. The minimum atomic E-state index is -3.37. The van der Waals surface area contributed by atoms with Gasteiger partial charge in [0.25, 0.3) is 11.5 Å². The lowest BCUT2D eigenvalue weighted by molar-refractivity contribution is 0.0187. The molecule has 3 rings (SSSR count). The van der Waals surface area contributed by atoms with Crippen molar-refractivity contribution in [2.45, 2.75) is 77.2 Å². The zero-order chi connectivity index (χ0) is 26.8. The van der Waals surface area contributed by atoms with Crippen LogP contribution in [0.25, 0.3) is 10.9 Å². The number of amides is 1. The summed E-state index contributed by atoms with van der Waals surface area (Å²) in [6, 6.07) is 9.24. The SMILES string of the molecule is CC[C@H]1C[C@@H](NC(=O)c2cc3ccccc3n(C(C)C)c2=O)C[C@@H](C)N1C[C@@H](O)CN(C)S(C)(=O)=O. The maximum absolute atomic E-state index is 13.3. The van der Waals surface area contributed by atoms with E-state index >= 15 is 0 Å². The van der Waals surface area contributed by atoms with Gasteiger partial charge in [-0.3, -0.25) is 14.5 Å². The van der Waals surface area contributed by atoms with Crippen LogP contribution in [0, 0.1) is 0 Å². The van der Waals surface area contributed by atoms with Gasteiger partial charge in [0.15, 0.2) is 0 Å². The van der Waals surface area contributed by atoms with Gasteiger partial charge in [0, 0.05) is 44.3 Å². The number of rotatable bonds is 9. The van der Waals surface area contributed by atoms with Gasteiger partial charge in [-0.1, -0.05) is 25.1 Å². The van der Waals surface area contributed by atoms with Gasteiger partial charge in [-0.05, 0) is 57.6 Å². The summed E-state index contributed by atoms with van der Waals surface area (Å²) in [6.45, 7) is 8.36. The molecule has 2 N–H and O–H groups in total. The van der Waals surface area contributed by atoms with Crippen molar-refractivity contribution in [3.63, 3.8) is 0 Å². The molecule has 2 heterocycles. The minimum absolute atomic E-state index is 0.0305. The molecule has 0 bridgehead atoms. The molecule has 0 spiro atoms. The quantitative estimate of drug-likeness (QED) is 0.524. The number of likely N-dealkylation sites (tertiary alicyclic amines) is 1. The number of aliphatic hydroxyl groups is 1. The summed E-state index contributed by atoms with van der Waals surface area (Å²) in [5.74, 6) is -0.365. The molecule has 4 atom stereocenters. The second-order valence-electron chi connectivity index (χ2n) is 10.3. The van der Waals surface area contributed by atoms with Gasteiger partial charge in [0.2, 0.25) is 10.0 Å².